The molecule has 0 aliphatic carbocycles. The third-order valence-electron chi connectivity index (χ3n) is 10.7. The van der Waals surface area contributed by atoms with Gasteiger partial charge in [-0.25, -0.2) is 4.79 Å². The number of carbonyl (C=O) groups is 1. The van der Waals surface area contributed by atoms with Gasteiger partial charge in [0.25, 0.3) is 0 Å². The van der Waals surface area contributed by atoms with E-state index in [0.29, 0.717) is 5.57 Å². The fraction of sp³-hybridized carbons (Fsp3) is 0.788. The molecule has 1 unspecified atom stereocenters. The second-order valence-electron chi connectivity index (χ2n) is 14.9. The molecule has 0 aromatic rings. The van der Waals surface area contributed by atoms with Crippen molar-refractivity contribution in [3.05, 3.63) is 33.4 Å². The molecule has 0 fully saturated rings. The topological polar surface area (TPSA) is 26.3 Å². The van der Waals surface area contributed by atoms with E-state index >= 15 is 0 Å². The van der Waals surface area contributed by atoms with Gasteiger partial charge < -0.3 is 4.74 Å². The standard InChI is InChI=1S/C33H60O2/c1-21(2)22(3)27(34)35-33(20,31(16,17)24(5)23(4)28(8,9)10)32(18,19)26(7)25(6)30(14,15)29(11,12)13/h1-20H3. The number of allylic oxidation sites excluding steroid dienone is 3. The molecule has 0 aromatic heterocycles. The molecule has 0 rings (SSSR count). The van der Waals surface area contributed by atoms with Crippen LogP contribution in [0.4, 0.5) is 0 Å². The molecular weight excluding hydrogens is 428 g/mol. The molecule has 0 radical (unpaired) electrons. The van der Waals surface area contributed by atoms with Crippen LogP contribution in [0.3, 0.4) is 0 Å². The molecule has 0 amide bonds. The number of hydrogen-bond donors (Lipinski definition) is 0. The van der Waals surface area contributed by atoms with Crippen LogP contribution in [0.1, 0.15) is 138 Å². The maximum absolute atomic E-state index is 13.5. The van der Waals surface area contributed by atoms with Crippen LogP contribution in [-0.2, 0) is 9.53 Å². The third-order valence-corrected chi connectivity index (χ3v) is 10.7. The first-order valence-corrected chi connectivity index (χ1v) is 13.4. The molecule has 204 valence electrons. The molecule has 0 heterocycles. The summed E-state index contributed by atoms with van der Waals surface area (Å²) in [5.74, 6) is -0.226. The highest BCUT2D eigenvalue weighted by Crippen LogP contribution is 2.57. The molecular formula is C33H60O2. The van der Waals surface area contributed by atoms with E-state index in [4.69, 9.17) is 4.74 Å². The first-order chi connectivity index (χ1) is 15.1. The van der Waals surface area contributed by atoms with Crippen molar-refractivity contribution in [2.75, 3.05) is 0 Å². The Kier molecular flexibility index (Phi) is 9.83. The summed E-state index contributed by atoms with van der Waals surface area (Å²) in [6.07, 6.45) is 0. The average Bonchev–Trinajstić information content (AvgIpc) is 2.68. The lowest BCUT2D eigenvalue weighted by Crippen LogP contribution is -2.58. The van der Waals surface area contributed by atoms with Gasteiger partial charge >= 0.3 is 5.97 Å². The van der Waals surface area contributed by atoms with Gasteiger partial charge in [-0.15, -0.1) is 0 Å². The van der Waals surface area contributed by atoms with Crippen molar-refractivity contribution in [2.45, 2.75) is 144 Å². The van der Waals surface area contributed by atoms with E-state index in [0.717, 1.165) is 5.57 Å². The van der Waals surface area contributed by atoms with Crippen molar-refractivity contribution in [1.29, 1.82) is 0 Å². The molecule has 0 aliphatic rings. The second-order valence-corrected chi connectivity index (χ2v) is 14.9. The first-order valence-electron chi connectivity index (χ1n) is 13.4. The number of carbonyl (C=O) groups excluding carboxylic acids is 1. The summed E-state index contributed by atoms with van der Waals surface area (Å²) in [6, 6.07) is 0. The van der Waals surface area contributed by atoms with Crippen LogP contribution in [-0.4, -0.2) is 11.6 Å². The van der Waals surface area contributed by atoms with Crippen LogP contribution in [0.15, 0.2) is 33.4 Å². The lowest BCUT2D eigenvalue weighted by molar-refractivity contribution is -0.182. The zero-order valence-corrected chi connectivity index (χ0v) is 27.3. The van der Waals surface area contributed by atoms with Crippen molar-refractivity contribution in [2.24, 2.45) is 27.1 Å². The zero-order chi connectivity index (χ0) is 28.7. The SMILES string of the molecule is CC(C)=C(C)C(=O)OC(C)(C(C)(C)C(C)=C(C)C(C)(C)C)C(C)(C)C(C)=C(C)C(C)(C)C(C)(C)C. The first kappa shape index (κ1) is 33.7. The minimum Gasteiger partial charge on any atom is -0.454 e. The van der Waals surface area contributed by atoms with Crippen LogP contribution in [0, 0.1) is 27.1 Å². The van der Waals surface area contributed by atoms with Gasteiger partial charge in [0.2, 0.25) is 0 Å². The van der Waals surface area contributed by atoms with Gasteiger partial charge in [0, 0.05) is 16.4 Å². The summed E-state index contributed by atoms with van der Waals surface area (Å²) in [7, 11) is 0. The van der Waals surface area contributed by atoms with Crippen molar-refractivity contribution in [3.63, 3.8) is 0 Å². The Balaban J connectivity index is 7.52. The fourth-order valence-corrected chi connectivity index (χ4v) is 4.75. The fourth-order valence-electron chi connectivity index (χ4n) is 4.75. The Morgan fingerprint density at radius 3 is 1.09 bits per heavy atom. The van der Waals surface area contributed by atoms with Gasteiger partial charge in [-0.05, 0) is 71.6 Å². The molecule has 2 heteroatoms. The highest BCUT2D eigenvalue weighted by atomic mass is 16.6. The predicted octanol–water partition coefficient (Wildman–Crippen LogP) is 10.5. The minimum atomic E-state index is -0.802. The monoisotopic (exact) mass is 488 g/mol. The van der Waals surface area contributed by atoms with E-state index < -0.39 is 16.4 Å². The molecule has 1 atom stereocenters. The summed E-state index contributed by atoms with van der Waals surface area (Å²) in [5, 5.41) is 0. The lowest BCUT2D eigenvalue weighted by Gasteiger charge is -2.56. The number of ether oxygens (including phenoxy) is 1. The summed E-state index contributed by atoms with van der Waals surface area (Å²) < 4.78 is 6.68. The molecule has 0 spiro atoms. The maximum Gasteiger partial charge on any atom is 0.334 e. The summed E-state index contributed by atoms with van der Waals surface area (Å²) in [4.78, 5) is 13.5. The molecule has 0 bridgehead atoms. The third kappa shape index (κ3) is 6.16. The Morgan fingerprint density at radius 2 is 0.800 bits per heavy atom. The highest BCUT2D eigenvalue weighted by molar-refractivity contribution is 5.89. The van der Waals surface area contributed by atoms with Crippen LogP contribution in [0.5, 0.6) is 0 Å². The lowest BCUT2D eigenvalue weighted by atomic mass is 9.53. The normalized spacial score (nSPS) is 17.3. The highest BCUT2D eigenvalue weighted by Gasteiger charge is 2.57. The summed E-state index contributed by atoms with van der Waals surface area (Å²) in [5.41, 5.74) is 5.40. The van der Waals surface area contributed by atoms with Crippen molar-refractivity contribution < 1.29 is 9.53 Å². The maximum atomic E-state index is 13.5. The average molecular weight is 489 g/mol. The van der Waals surface area contributed by atoms with E-state index in [1.54, 1.807) is 0 Å². The second kappa shape index (κ2) is 10.2. The van der Waals surface area contributed by atoms with E-state index in [9.17, 15) is 4.79 Å². The summed E-state index contributed by atoms with van der Waals surface area (Å²) in [6.45, 7) is 44.3. The van der Waals surface area contributed by atoms with E-state index in [1.165, 1.54) is 22.3 Å². The Bertz CT molecular complexity index is 898. The van der Waals surface area contributed by atoms with Crippen LogP contribution in [0.25, 0.3) is 0 Å². The van der Waals surface area contributed by atoms with E-state index in [-0.39, 0.29) is 22.2 Å². The van der Waals surface area contributed by atoms with Gasteiger partial charge in [0.05, 0.1) is 0 Å². The number of rotatable bonds is 7. The Labute approximate surface area is 220 Å². The predicted molar refractivity (Wildman–Crippen MR) is 156 cm³/mol. The number of esters is 1. The Morgan fingerprint density at radius 1 is 0.486 bits per heavy atom. The molecule has 35 heavy (non-hydrogen) atoms. The van der Waals surface area contributed by atoms with Crippen molar-refractivity contribution in [3.8, 4) is 0 Å². The van der Waals surface area contributed by atoms with Gasteiger partial charge in [-0.3, -0.25) is 0 Å². The van der Waals surface area contributed by atoms with Gasteiger partial charge in [-0.2, -0.15) is 0 Å². The van der Waals surface area contributed by atoms with Crippen LogP contribution >= 0.6 is 0 Å². The zero-order valence-electron chi connectivity index (χ0n) is 27.3. The van der Waals surface area contributed by atoms with E-state index in [1.807, 2.05) is 20.8 Å². The van der Waals surface area contributed by atoms with Crippen molar-refractivity contribution >= 4 is 5.97 Å². The van der Waals surface area contributed by atoms with E-state index in [2.05, 4.69) is 118 Å². The molecule has 0 saturated carbocycles. The molecule has 0 aromatic carbocycles. The smallest absolute Gasteiger partial charge is 0.334 e. The van der Waals surface area contributed by atoms with Gasteiger partial charge in [-0.1, -0.05) is 111 Å². The largest absolute Gasteiger partial charge is 0.454 e. The number of hydrogen-bond acceptors (Lipinski definition) is 2. The molecule has 0 saturated heterocycles. The Hall–Kier alpha value is -1.31. The summed E-state index contributed by atoms with van der Waals surface area (Å²) >= 11 is 0. The van der Waals surface area contributed by atoms with Crippen LogP contribution < -0.4 is 0 Å². The molecule has 2 nitrogen and oxygen atoms in total. The molecule has 0 aliphatic heterocycles. The van der Waals surface area contributed by atoms with Gasteiger partial charge in [0.1, 0.15) is 5.60 Å². The molecule has 0 N–H and O–H groups in total. The quantitative estimate of drug-likeness (QED) is 0.202. The van der Waals surface area contributed by atoms with Crippen molar-refractivity contribution in [1.82, 2.24) is 0 Å². The van der Waals surface area contributed by atoms with Gasteiger partial charge in [0.15, 0.2) is 0 Å². The van der Waals surface area contributed by atoms with Crippen LogP contribution in [0.2, 0.25) is 0 Å². The minimum absolute atomic E-state index is 0.0224.